The first-order valence-electron chi connectivity index (χ1n) is 6.36. The molecule has 0 amide bonds. The van der Waals surface area contributed by atoms with Crippen LogP contribution in [0.4, 0.5) is 0 Å². The van der Waals surface area contributed by atoms with Crippen LogP contribution in [0.25, 0.3) is 0 Å². The Morgan fingerprint density at radius 1 is 1.47 bits per heavy atom. The van der Waals surface area contributed by atoms with Gasteiger partial charge in [0, 0.05) is 23.6 Å². The van der Waals surface area contributed by atoms with E-state index in [1.165, 1.54) is 22.6 Å². The van der Waals surface area contributed by atoms with Crippen molar-refractivity contribution in [1.29, 1.82) is 0 Å². The minimum absolute atomic E-state index is 0.413. The van der Waals surface area contributed by atoms with Crippen LogP contribution in [-0.2, 0) is 4.74 Å². The summed E-state index contributed by atoms with van der Waals surface area (Å²) in [6.45, 7) is 5.82. The summed E-state index contributed by atoms with van der Waals surface area (Å²) < 4.78 is 5.46. The molecule has 17 heavy (non-hydrogen) atoms. The van der Waals surface area contributed by atoms with Gasteiger partial charge in [-0.3, -0.25) is 0 Å². The van der Waals surface area contributed by atoms with Crippen LogP contribution in [0.15, 0.2) is 29.2 Å². The number of ether oxygens (including phenoxy) is 1. The van der Waals surface area contributed by atoms with Crippen LogP contribution in [0.5, 0.6) is 0 Å². The lowest BCUT2D eigenvalue weighted by Gasteiger charge is -2.28. The smallest absolute Gasteiger partial charge is 0.0616 e. The zero-order valence-corrected chi connectivity index (χ0v) is 11.4. The van der Waals surface area contributed by atoms with Crippen molar-refractivity contribution >= 4 is 11.8 Å². The van der Waals surface area contributed by atoms with Gasteiger partial charge in [-0.15, -0.1) is 11.8 Å². The van der Waals surface area contributed by atoms with Crippen LogP contribution in [0, 0.1) is 0 Å². The number of rotatable bonds is 5. The highest BCUT2D eigenvalue weighted by Gasteiger charge is 2.21. The predicted molar refractivity (Wildman–Crippen MR) is 73.6 cm³/mol. The van der Waals surface area contributed by atoms with E-state index in [4.69, 9.17) is 4.74 Å². The Kier molecular flexibility index (Phi) is 4.89. The third kappa shape index (κ3) is 3.47. The first-order chi connectivity index (χ1) is 8.31. The molecule has 1 aliphatic heterocycles. The van der Waals surface area contributed by atoms with Crippen molar-refractivity contribution < 1.29 is 4.74 Å². The van der Waals surface area contributed by atoms with Gasteiger partial charge < -0.3 is 10.1 Å². The average Bonchev–Trinajstić information content (AvgIpc) is 2.37. The molecule has 0 fully saturated rings. The summed E-state index contributed by atoms with van der Waals surface area (Å²) >= 11 is 1.97. The summed E-state index contributed by atoms with van der Waals surface area (Å²) in [6, 6.07) is 9.62. The van der Waals surface area contributed by atoms with Crippen molar-refractivity contribution in [2.45, 2.75) is 37.2 Å². The van der Waals surface area contributed by atoms with Gasteiger partial charge in [0.15, 0.2) is 0 Å². The van der Waals surface area contributed by atoms with Gasteiger partial charge in [-0.2, -0.15) is 0 Å². The van der Waals surface area contributed by atoms with E-state index in [2.05, 4.69) is 36.5 Å². The molecule has 0 bridgehead atoms. The fourth-order valence-corrected chi connectivity index (χ4v) is 3.33. The number of hydrogen-bond acceptors (Lipinski definition) is 3. The molecule has 1 heterocycles. The van der Waals surface area contributed by atoms with Crippen molar-refractivity contribution in [2.24, 2.45) is 0 Å². The van der Waals surface area contributed by atoms with Gasteiger partial charge in [0.05, 0.1) is 6.61 Å². The Bertz CT molecular complexity index is 356. The van der Waals surface area contributed by atoms with Gasteiger partial charge in [-0.1, -0.05) is 18.2 Å². The van der Waals surface area contributed by atoms with Crippen molar-refractivity contribution in [2.75, 3.05) is 19.0 Å². The van der Waals surface area contributed by atoms with Gasteiger partial charge in [0.25, 0.3) is 0 Å². The summed E-state index contributed by atoms with van der Waals surface area (Å²) in [6.07, 6.45) is 1.21. The van der Waals surface area contributed by atoms with E-state index in [1.807, 2.05) is 18.7 Å². The summed E-state index contributed by atoms with van der Waals surface area (Å²) in [7, 11) is 0. The summed E-state index contributed by atoms with van der Waals surface area (Å²) in [4.78, 5) is 1.43. The Morgan fingerprint density at radius 3 is 3.12 bits per heavy atom. The highest BCUT2D eigenvalue weighted by Crippen LogP contribution is 2.35. The molecule has 0 aromatic heterocycles. The van der Waals surface area contributed by atoms with Crippen molar-refractivity contribution in [1.82, 2.24) is 5.32 Å². The molecule has 2 atom stereocenters. The molecule has 94 valence electrons. The highest BCUT2D eigenvalue weighted by atomic mass is 32.2. The third-order valence-corrected chi connectivity index (χ3v) is 4.14. The molecule has 2 rings (SSSR count). The third-order valence-electron chi connectivity index (χ3n) is 3.02. The molecular formula is C14H21NOS. The number of nitrogens with one attached hydrogen (secondary N) is 1. The molecule has 1 N–H and O–H groups in total. The van der Waals surface area contributed by atoms with E-state index < -0.39 is 0 Å². The van der Waals surface area contributed by atoms with E-state index >= 15 is 0 Å². The first-order valence-corrected chi connectivity index (χ1v) is 7.35. The fourth-order valence-electron chi connectivity index (χ4n) is 2.20. The van der Waals surface area contributed by atoms with Crippen molar-refractivity contribution in [3.05, 3.63) is 29.8 Å². The van der Waals surface area contributed by atoms with E-state index in [0.717, 1.165) is 13.2 Å². The van der Waals surface area contributed by atoms with Crippen LogP contribution >= 0.6 is 11.8 Å². The van der Waals surface area contributed by atoms with Gasteiger partial charge >= 0.3 is 0 Å². The number of hydrogen-bond donors (Lipinski definition) is 1. The van der Waals surface area contributed by atoms with E-state index in [0.29, 0.717) is 12.1 Å². The molecule has 0 aliphatic carbocycles. The van der Waals surface area contributed by atoms with Crippen LogP contribution in [0.3, 0.4) is 0 Å². The highest BCUT2D eigenvalue weighted by molar-refractivity contribution is 7.99. The molecule has 0 saturated heterocycles. The first kappa shape index (κ1) is 12.9. The lowest BCUT2D eigenvalue weighted by molar-refractivity contribution is 0.123. The molecule has 1 aromatic carbocycles. The van der Waals surface area contributed by atoms with Crippen LogP contribution in [0.2, 0.25) is 0 Å². The zero-order valence-electron chi connectivity index (χ0n) is 10.6. The van der Waals surface area contributed by atoms with E-state index in [9.17, 15) is 0 Å². The molecule has 0 spiro atoms. The fraction of sp³-hybridized carbons (Fsp3) is 0.571. The van der Waals surface area contributed by atoms with Crippen LogP contribution in [-0.4, -0.2) is 25.0 Å². The summed E-state index contributed by atoms with van der Waals surface area (Å²) in [5, 5.41) is 3.67. The van der Waals surface area contributed by atoms with E-state index in [-0.39, 0.29) is 0 Å². The van der Waals surface area contributed by atoms with Crippen molar-refractivity contribution in [3.8, 4) is 0 Å². The van der Waals surface area contributed by atoms with Crippen molar-refractivity contribution in [3.63, 3.8) is 0 Å². The van der Waals surface area contributed by atoms with Gasteiger partial charge in [0.2, 0.25) is 0 Å². The summed E-state index contributed by atoms with van der Waals surface area (Å²) in [5.41, 5.74) is 1.45. The van der Waals surface area contributed by atoms with E-state index in [1.54, 1.807) is 0 Å². The van der Waals surface area contributed by atoms with Crippen LogP contribution in [0.1, 0.15) is 31.9 Å². The molecule has 1 aliphatic rings. The number of fused-ring (bicyclic) bond motifs is 1. The largest absolute Gasteiger partial charge is 0.380 e. The number of benzene rings is 1. The van der Waals surface area contributed by atoms with Gasteiger partial charge in [-0.05, 0) is 37.7 Å². The molecule has 2 nitrogen and oxygen atoms in total. The minimum atomic E-state index is 0.413. The monoisotopic (exact) mass is 251 g/mol. The Hall–Kier alpha value is -0.510. The SMILES string of the molecule is CCOCC(C)NC1CCSc2ccccc21. The maximum absolute atomic E-state index is 5.46. The second-order valence-corrected chi connectivity index (χ2v) is 5.59. The maximum atomic E-state index is 5.46. The van der Waals surface area contributed by atoms with Gasteiger partial charge in [0.1, 0.15) is 0 Å². The van der Waals surface area contributed by atoms with Gasteiger partial charge in [-0.25, -0.2) is 0 Å². The minimum Gasteiger partial charge on any atom is -0.380 e. The Balaban J connectivity index is 1.98. The number of thioether (sulfide) groups is 1. The topological polar surface area (TPSA) is 21.3 Å². The molecule has 0 radical (unpaired) electrons. The normalized spacial score (nSPS) is 20.9. The Labute approximate surface area is 108 Å². The molecule has 0 saturated carbocycles. The Morgan fingerprint density at radius 2 is 2.29 bits per heavy atom. The second-order valence-electron chi connectivity index (χ2n) is 4.45. The standard InChI is InChI=1S/C14H21NOS/c1-3-16-10-11(2)15-13-8-9-17-14-7-5-4-6-12(13)14/h4-7,11,13,15H,3,8-10H2,1-2H3. The predicted octanol–water partition coefficient (Wildman–Crippen LogP) is 3.24. The maximum Gasteiger partial charge on any atom is 0.0616 e. The lowest BCUT2D eigenvalue weighted by Crippen LogP contribution is -2.35. The molecule has 3 heteroatoms. The molecule has 1 aromatic rings. The molecular weight excluding hydrogens is 230 g/mol. The summed E-state index contributed by atoms with van der Waals surface area (Å²) in [5.74, 6) is 1.20. The second kappa shape index (κ2) is 6.43. The lowest BCUT2D eigenvalue weighted by atomic mass is 10.0. The quantitative estimate of drug-likeness (QED) is 0.868. The average molecular weight is 251 g/mol. The zero-order chi connectivity index (χ0) is 12.1. The molecule has 2 unspecified atom stereocenters. The van der Waals surface area contributed by atoms with Crippen LogP contribution < -0.4 is 5.32 Å².